The molecule has 2 atom stereocenters. The highest BCUT2D eigenvalue weighted by Gasteiger charge is 2.33. The quantitative estimate of drug-likeness (QED) is 0.703. The van der Waals surface area contributed by atoms with Crippen LogP contribution >= 0.6 is 0 Å². The van der Waals surface area contributed by atoms with Crippen molar-refractivity contribution in [3.63, 3.8) is 0 Å². The Morgan fingerprint density at radius 3 is 2.47 bits per heavy atom. The minimum atomic E-state index is -3.73. The van der Waals surface area contributed by atoms with E-state index < -0.39 is 10.0 Å². The highest BCUT2D eigenvalue weighted by Crippen LogP contribution is 2.35. The second-order valence-electron chi connectivity index (χ2n) is 4.70. The number of hydrogen-bond donors (Lipinski definition) is 3. The van der Waals surface area contributed by atoms with E-state index in [1.54, 1.807) is 13.0 Å². The van der Waals surface area contributed by atoms with Crippen molar-refractivity contribution in [3.8, 4) is 0 Å². The van der Waals surface area contributed by atoms with Gasteiger partial charge in [0, 0.05) is 17.4 Å². The number of nitrogens with one attached hydrogen (secondary N) is 1. The Balaban J connectivity index is 2.42. The van der Waals surface area contributed by atoms with Gasteiger partial charge in [-0.1, -0.05) is 6.92 Å². The molecule has 2 unspecified atom stereocenters. The fourth-order valence-corrected chi connectivity index (χ4v) is 2.71. The minimum absolute atomic E-state index is 0.0910. The molecule has 1 aromatic carbocycles. The Kier molecular flexibility index (Phi) is 2.79. The van der Waals surface area contributed by atoms with Crippen molar-refractivity contribution >= 4 is 21.4 Å². The zero-order valence-corrected chi connectivity index (χ0v) is 10.7. The number of nitrogens with two attached hydrogens (primary N) is 2. The molecule has 1 fully saturated rings. The largest absolute Gasteiger partial charge is 0.399 e. The summed E-state index contributed by atoms with van der Waals surface area (Å²) in [4.78, 5) is 0.0910. The van der Waals surface area contributed by atoms with Crippen LogP contribution in [-0.2, 0) is 10.0 Å². The lowest BCUT2D eigenvalue weighted by Crippen LogP contribution is -2.16. The molecule has 5 N–H and O–H groups in total. The van der Waals surface area contributed by atoms with Gasteiger partial charge in [-0.05, 0) is 37.0 Å². The van der Waals surface area contributed by atoms with Crippen LogP contribution in [0.25, 0.3) is 0 Å². The fourth-order valence-electron chi connectivity index (χ4n) is 1.88. The summed E-state index contributed by atoms with van der Waals surface area (Å²) in [6, 6.07) is 3.55. The summed E-state index contributed by atoms with van der Waals surface area (Å²) in [7, 11) is -3.73. The minimum Gasteiger partial charge on any atom is -0.399 e. The monoisotopic (exact) mass is 255 g/mol. The highest BCUT2D eigenvalue weighted by molar-refractivity contribution is 7.89. The average molecular weight is 255 g/mol. The van der Waals surface area contributed by atoms with Crippen molar-refractivity contribution < 1.29 is 8.42 Å². The van der Waals surface area contributed by atoms with E-state index in [0.717, 1.165) is 12.1 Å². The van der Waals surface area contributed by atoms with E-state index in [0.29, 0.717) is 23.2 Å². The molecule has 6 heteroatoms. The Morgan fingerprint density at radius 2 is 2.00 bits per heavy atom. The van der Waals surface area contributed by atoms with Gasteiger partial charge in [0.15, 0.2) is 0 Å². The summed E-state index contributed by atoms with van der Waals surface area (Å²) >= 11 is 0. The molecule has 17 heavy (non-hydrogen) atoms. The van der Waals surface area contributed by atoms with Crippen molar-refractivity contribution in [2.75, 3.05) is 11.1 Å². The van der Waals surface area contributed by atoms with E-state index in [1.807, 2.05) is 0 Å². The van der Waals surface area contributed by atoms with Gasteiger partial charge in [-0.25, -0.2) is 13.6 Å². The molecule has 1 saturated carbocycles. The molecule has 94 valence electrons. The van der Waals surface area contributed by atoms with Crippen molar-refractivity contribution in [2.24, 2.45) is 11.1 Å². The number of hydrogen-bond acceptors (Lipinski definition) is 4. The Morgan fingerprint density at radius 1 is 1.41 bits per heavy atom. The lowest BCUT2D eigenvalue weighted by atomic mass is 10.1. The number of primary sulfonamides is 1. The van der Waals surface area contributed by atoms with Crippen LogP contribution in [0.4, 0.5) is 11.4 Å². The highest BCUT2D eigenvalue weighted by atomic mass is 32.2. The first-order valence-corrected chi connectivity index (χ1v) is 7.03. The molecule has 0 amide bonds. The van der Waals surface area contributed by atoms with Gasteiger partial charge in [0.2, 0.25) is 10.0 Å². The SMILES string of the molecule is Cc1c(NC2CC2C)cc(N)cc1S(N)(=O)=O. The third-order valence-corrected chi connectivity index (χ3v) is 4.18. The van der Waals surface area contributed by atoms with Crippen LogP contribution < -0.4 is 16.2 Å². The Bertz CT molecular complexity index is 554. The van der Waals surface area contributed by atoms with Gasteiger partial charge < -0.3 is 11.1 Å². The number of nitrogen functional groups attached to an aromatic ring is 1. The molecular weight excluding hydrogens is 238 g/mol. The van der Waals surface area contributed by atoms with Crippen LogP contribution in [0.1, 0.15) is 18.9 Å². The van der Waals surface area contributed by atoms with E-state index in [4.69, 9.17) is 10.9 Å². The molecule has 0 aliphatic heterocycles. The maximum absolute atomic E-state index is 11.4. The van der Waals surface area contributed by atoms with Crippen LogP contribution in [0, 0.1) is 12.8 Å². The Labute approximate surface area is 101 Å². The molecule has 0 radical (unpaired) electrons. The third kappa shape index (κ3) is 2.53. The first-order chi connectivity index (χ1) is 7.79. The predicted octanol–water partition coefficient (Wildman–Crippen LogP) is 1.04. The van der Waals surface area contributed by atoms with Gasteiger partial charge in [0.25, 0.3) is 0 Å². The van der Waals surface area contributed by atoms with Crippen LogP contribution in [-0.4, -0.2) is 14.5 Å². The van der Waals surface area contributed by atoms with E-state index in [9.17, 15) is 8.42 Å². The zero-order valence-electron chi connectivity index (χ0n) is 9.90. The van der Waals surface area contributed by atoms with Crippen molar-refractivity contribution in [1.29, 1.82) is 0 Å². The van der Waals surface area contributed by atoms with Crippen LogP contribution in [0.3, 0.4) is 0 Å². The summed E-state index contributed by atoms with van der Waals surface area (Å²) < 4.78 is 22.8. The molecular formula is C11H17N3O2S. The normalized spacial score (nSPS) is 23.5. The average Bonchev–Trinajstić information content (AvgIpc) is 2.86. The second kappa shape index (κ2) is 3.89. The van der Waals surface area contributed by atoms with Gasteiger partial charge in [0.1, 0.15) is 0 Å². The first-order valence-electron chi connectivity index (χ1n) is 5.48. The summed E-state index contributed by atoms with van der Waals surface area (Å²) in [5, 5.41) is 8.45. The molecule has 0 heterocycles. The summed E-state index contributed by atoms with van der Waals surface area (Å²) in [6.45, 7) is 3.87. The van der Waals surface area contributed by atoms with E-state index in [1.165, 1.54) is 6.07 Å². The van der Waals surface area contributed by atoms with Gasteiger partial charge in [0.05, 0.1) is 4.90 Å². The fraction of sp³-hybridized carbons (Fsp3) is 0.455. The van der Waals surface area contributed by atoms with Gasteiger partial charge in [-0.15, -0.1) is 0 Å². The standard InChI is InChI=1S/C11H17N3O2S/c1-6-3-9(6)14-10-4-8(12)5-11(7(10)2)17(13,15)16/h4-6,9,14H,3,12H2,1-2H3,(H2,13,15,16). The topological polar surface area (TPSA) is 98.2 Å². The molecule has 0 aromatic heterocycles. The van der Waals surface area contributed by atoms with Crippen molar-refractivity contribution in [1.82, 2.24) is 0 Å². The number of anilines is 2. The van der Waals surface area contributed by atoms with Crippen molar-refractivity contribution in [3.05, 3.63) is 17.7 Å². The molecule has 0 spiro atoms. The number of rotatable bonds is 3. The van der Waals surface area contributed by atoms with E-state index in [2.05, 4.69) is 12.2 Å². The summed E-state index contributed by atoms with van der Waals surface area (Å²) in [6.07, 6.45) is 1.10. The summed E-state index contributed by atoms with van der Waals surface area (Å²) in [5.74, 6) is 0.619. The molecule has 0 bridgehead atoms. The Hall–Kier alpha value is -1.27. The summed E-state index contributed by atoms with van der Waals surface area (Å²) in [5.41, 5.74) is 7.47. The lowest BCUT2D eigenvalue weighted by molar-refractivity contribution is 0.597. The van der Waals surface area contributed by atoms with E-state index >= 15 is 0 Å². The second-order valence-corrected chi connectivity index (χ2v) is 6.23. The molecule has 0 saturated heterocycles. The number of sulfonamides is 1. The molecule has 1 aliphatic carbocycles. The van der Waals surface area contributed by atoms with Crippen LogP contribution in [0.5, 0.6) is 0 Å². The lowest BCUT2D eigenvalue weighted by Gasteiger charge is -2.13. The first kappa shape index (κ1) is 12.2. The number of benzene rings is 1. The van der Waals surface area contributed by atoms with Gasteiger partial charge in [-0.2, -0.15) is 0 Å². The zero-order chi connectivity index (χ0) is 12.8. The maximum atomic E-state index is 11.4. The smallest absolute Gasteiger partial charge is 0.238 e. The molecule has 1 aliphatic rings. The third-order valence-electron chi connectivity index (χ3n) is 3.14. The molecule has 5 nitrogen and oxygen atoms in total. The van der Waals surface area contributed by atoms with Gasteiger partial charge in [-0.3, -0.25) is 0 Å². The molecule has 2 rings (SSSR count). The van der Waals surface area contributed by atoms with Crippen LogP contribution in [0.15, 0.2) is 17.0 Å². The predicted molar refractivity (Wildman–Crippen MR) is 68.2 cm³/mol. The maximum Gasteiger partial charge on any atom is 0.238 e. The van der Waals surface area contributed by atoms with E-state index in [-0.39, 0.29) is 4.90 Å². The van der Waals surface area contributed by atoms with Gasteiger partial charge >= 0.3 is 0 Å². The van der Waals surface area contributed by atoms with Crippen LogP contribution in [0.2, 0.25) is 0 Å². The van der Waals surface area contributed by atoms with Crippen molar-refractivity contribution in [2.45, 2.75) is 31.2 Å². The molecule has 1 aromatic rings.